The van der Waals surface area contributed by atoms with Crippen molar-refractivity contribution in [2.24, 2.45) is 0 Å². The Balaban J connectivity index is 1.41. The fraction of sp³-hybridized carbons (Fsp3) is 0.250. The molecule has 3 aromatic rings. The minimum atomic E-state index is -0.471. The van der Waals surface area contributed by atoms with Crippen LogP contribution in [0.1, 0.15) is 18.7 Å². The summed E-state index contributed by atoms with van der Waals surface area (Å²) < 4.78 is 24.3. The van der Waals surface area contributed by atoms with Gasteiger partial charge in [-0.25, -0.2) is 4.39 Å². The van der Waals surface area contributed by atoms with Crippen molar-refractivity contribution in [2.45, 2.75) is 25.4 Å². The number of benzene rings is 2. The molecule has 6 nitrogen and oxygen atoms in total. The molecule has 1 aliphatic rings. The van der Waals surface area contributed by atoms with Gasteiger partial charge in [-0.2, -0.15) is 0 Å². The maximum absolute atomic E-state index is 13.1. The summed E-state index contributed by atoms with van der Waals surface area (Å²) in [7, 11) is 0. The van der Waals surface area contributed by atoms with Crippen LogP contribution in [-0.2, 0) is 11.3 Å². The van der Waals surface area contributed by atoms with E-state index >= 15 is 0 Å². The lowest BCUT2D eigenvalue weighted by Crippen LogP contribution is -2.36. The number of hydrogen-bond acceptors (Lipinski definition) is 5. The van der Waals surface area contributed by atoms with E-state index in [-0.39, 0.29) is 35.9 Å². The van der Waals surface area contributed by atoms with E-state index in [0.717, 1.165) is 24.5 Å². The number of ether oxygens (including phenoxy) is 1. The van der Waals surface area contributed by atoms with Gasteiger partial charge in [0.25, 0.3) is 5.91 Å². The molecule has 0 unspecified atom stereocenters. The van der Waals surface area contributed by atoms with Crippen LogP contribution in [-0.4, -0.2) is 33.7 Å². The molecule has 150 valence electrons. The molecular formula is C20H16Cl2FN3O3. The maximum atomic E-state index is 13.1. The van der Waals surface area contributed by atoms with Gasteiger partial charge >= 0.3 is 0 Å². The van der Waals surface area contributed by atoms with Crippen molar-refractivity contribution in [3.8, 4) is 17.2 Å². The van der Waals surface area contributed by atoms with Gasteiger partial charge in [0.1, 0.15) is 11.6 Å². The number of aromatic nitrogens is 2. The fourth-order valence-electron chi connectivity index (χ4n) is 2.79. The van der Waals surface area contributed by atoms with Crippen molar-refractivity contribution in [1.82, 2.24) is 15.1 Å². The van der Waals surface area contributed by atoms with Crippen LogP contribution in [0.5, 0.6) is 5.75 Å². The molecule has 1 aliphatic carbocycles. The second-order valence-electron chi connectivity index (χ2n) is 6.62. The molecule has 1 aromatic heterocycles. The van der Waals surface area contributed by atoms with Gasteiger partial charge in [-0.1, -0.05) is 23.2 Å². The van der Waals surface area contributed by atoms with E-state index in [1.54, 1.807) is 29.2 Å². The number of hydrogen-bond donors (Lipinski definition) is 0. The molecule has 0 aliphatic heterocycles. The zero-order chi connectivity index (χ0) is 20.4. The van der Waals surface area contributed by atoms with Crippen molar-refractivity contribution in [3.05, 3.63) is 64.2 Å². The molecular weight excluding hydrogens is 420 g/mol. The van der Waals surface area contributed by atoms with Gasteiger partial charge in [0.2, 0.25) is 11.8 Å². The van der Waals surface area contributed by atoms with Crippen LogP contribution in [0.4, 0.5) is 4.39 Å². The number of rotatable bonds is 7. The van der Waals surface area contributed by atoms with Crippen LogP contribution >= 0.6 is 23.2 Å². The average Bonchev–Trinajstić information content (AvgIpc) is 3.43. The molecule has 1 amide bonds. The molecule has 0 radical (unpaired) electrons. The molecule has 0 saturated heterocycles. The monoisotopic (exact) mass is 435 g/mol. The van der Waals surface area contributed by atoms with E-state index in [0.29, 0.717) is 16.8 Å². The molecule has 0 atom stereocenters. The summed E-state index contributed by atoms with van der Waals surface area (Å²) in [4.78, 5) is 14.3. The lowest BCUT2D eigenvalue weighted by molar-refractivity contribution is -0.134. The number of carbonyl (C=O) groups excluding carboxylic acids is 1. The van der Waals surface area contributed by atoms with Gasteiger partial charge in [-0.05, 0) is 55.3 Å². The van der Waals surface area contributed by atoms with E-state index < -0.39 is 5.82 Å². The Morgan fingerprint density at radius 2 is 1.93 bits per heavy atom. The van der Waals surface area contributed by atoms with Crippen molar-refractivity contribution in [1.29, 1.82) is 0 Å². The molecule has 4 rings (SSSR count). The predicted octanol–water partition coefficient (Wildman–Crippen LogP) is 4.75. The first-order valence-corrected chi connectivity index (χ1v) is 9.71. The molecule has 0 N–H and O–H groups in total. The first-order chi connectivity index (χ1) is 14.0. The van der Waals surface area contributed by atoms with Crippen LogP contribution in [0, 0.1) is 5.82 Å². The minimum absolute atomic E-state index is 0.111. The topological polar surface area (TPSA) is 68.5 Å². The van der Waals surface area contributed by atoms with Crippen LogP contribution in [0.3, 0.4) is 0 Å². The van der Waals surface area contributed by atoms with Crippen molar-refractivity contribution in [2.75, 3.05) is 6.61 Å². The van der Waals surface area contributed by atoms with Crippen LogP contribution < -0.4 is 4.74 Å². The molecule has 1 heterocycles. The zero-order valence-electron chi connectivity index (χ0n) is 15.1. The molecule has 2 aromatic carbocycles. The molecule has 1 saturated carbocycles. The molecule has 1 fully saturated rings. The largest absolute Gasteiger partial charge is 0.482 e. The molecule has 0 bridgehead atoms. The zero-order valence-corrected chi connectivity index (χ0v) is 16.7. The van der Waals surface area contributed by atoms with Gasteiger partial charge < -0.3 is 14.1 Å². The minimum Gasteiger partial charge on any atom is -0.482 e. The summed E-state index contributed by atoms with van der Waals surface area (Å²) in [5, 5.41) is 8.80. The third kappa shape index (κ3) is 4.86. The van der Waals surface area contributed by atoms with Crippen LogP contribution in [0.15, 0.2) is 46.9 Å². The maximum Gasteiger partial charge on any atom is 0.261 e. The van der Waals surface area contributed by atoms with Gasteiger partial charge in [-0.15, -0.1) is 10.2 Å². The van der Waals surface area contributed by atoms with Gasteiger partial charge in [0, 0.05) is 16.6 Å². The second kappa shape index (κ2) is 8.39. The summed E-state index contributed by atoms with van der Waals surface area (Å²) in [5.41, 5.74) is 0.742. The summed E-state index contributed by atoms with van der Waals surface area (Å²) in [6.07, 6.45) is 1.81. The second-order valence-corrected chi connectivity index (χ2v) is 7.47. The quantitative estimate of drug-likeness (QED) is 0.535. The Bertz CT molecular complexity index is 1020. The van der Waals surface area contributed by atoms with E-state index in [1.807, 2.05) is 0 Å². The van der Waals surface area contributed by atoms with E-state index in [4.69, 9.17) is 32.4 Å². The van der Waals surface area contributed by atoms with Gasteiger partial charge in [-0.3, -0.25) is 4.79 Å². The van der Waals surface area contributed by atoms with E-state index in [9.17, 15) is 9.18 Å². The van der Waals surface area contributed by atoms with E-state index in [1.165, 1.54) is 12.1 Å². The Labute approximate surface area is 176 Å². The predicted molar refractivity (Wildman–Crippen MR) is 105 cm³/mol. The van der Waals surface area contributed by atoms with Crippen molar-refractivity contribution < 1.29 is 18.3 Å². The molecule has 0 spiro atoms. The summed E-state index contributed by atoms with van der Waals surface area (Å²) in [5.74, 6) is 0.226. The van der Waals surface area contributed by atoms with Crippen LogP contribution in [0.2, 0.25) is 10.0 Å². The first-order valence-electron chi connectivity index (χ1n) is 8.95. The highest BCUT2D eigenvalue weighted by atomic mass is 35.5. The normalized spacial score (nSPS) is 13.3. The summed E-state index contributed by atoms with van der Waals surface area (Å²) >= 11 is 11.8. The lowest BCUT2D eigenvalue weighted by atomic mass is 10.2. The van der Waals surface area contributed by atoms with Gasteiger partial charge in [0.15, 0.2) is 6.61 Å². The highest BCUT2D eigenvalue weighted by Gasteiger charge is 2.34. The summed E-state index contributed by atoms with van der Waals surface area (Å²) in [6.45, 7) is -0.0371. The third-order valence-corrected chi connectivity index (χ3v) is 4.96. The van der Waals surface area contributed by atoms with Crippen LogP contribution in [0.25, 0.3) is 11.5 Å². The number of nitrogens with zero attached hydrogens (tertiary/aromatic N) is 3. The van der Waals surface area contributed by atoms with Gasteiger partial charge in [0.05, 0.1) is 11.6 Å². The average molecular weight is 436 g/mol. The fourth-order valence-corrected chi connectivity index (χ4v) is 3.14. The van der Waals surface area contributed by atoms with Crippen molar-refractivity contribution in [3.63, 3.8) is 0 Å². The Morgan fingerprint density at radius 1 is 1.17 bits per heavy atom. The molecule has 29 heavy (non-hydrogen) atoms. The SMILES string of the molecule is O=C(COc1ccc(F)cc1Cl)N(Cc1nnc(-c2ccc(Cl)cc2)o1)C1CC1. The standard InChI is InChI=1S/C20H16Cl2FN3O3/c21-13-3-1-12(2-4-13)20-25-24-18(29-20)10-26(15-6-7-15)19(27)11-28-17-8-5-14(23)9-16(17)22/h1-5,8-9,15H,6-7,10-11H2. The number of halogens is 3. The van der Waals surface area contributed by atoms with E-state index in [2.05, 4.69) is 10.2 Å². The highest BCUT2D eigenvalue weighted by molar-refractivity contribution is 6.32. The smallest absolute Gasteiger partial charge is 0.261 e. The number of carbonyl (C=O) groups is 1. The highest BCUT2D eigenvalue weighted by Crippen LogP contribution is 2.30. The number of amides is 1. The lowest BCUT2D eigenvalue weighted by Gasteiger charge is -2.20. The Morgan fingerprint density at radius 3 is 2.62 bits per heavy atom. The Hall–Kier alpha value is -2.64. The third-order valence-electron chi connectivity index (χ3n) is 4.42. The molecule has 9 heteroatoms. The Kier molecular flexibility index (Phi) is 5.69. The first kappa shape index (κ1) is 19.7. The van der Waals surface area contributed by atoms with Crippen molar-refractivity contribution >= 4 is 29.1 Å². The summed E-state index contributed by atoms with van der Waals surface area (Å²) in [6, 6.07) is 10.9.